The van der Waals surface area contributed by atoms with Gasteiger partial charge in [-0.05, 0) is 42.0 Å². The van der Waals surface area contributed by atoms with E-state index in [2.05, 4.69) is 26.9 Å². The molecule has 1 aromatic carbocycles. The molecule has 2 saturated heterocycles. The molecule has 8 heteroatoms. The molecule has 0 saturated carbocycles. The minimum Gasteiger partial charge on any atom is -0.378 e. The van der Waals surface area contributed by atoms with Gasteiger partial charge in [0.25, 0.3) is 5.91 Å². The van der Waals surface area contributed by atoms with Crippen LogP contribution in [0.4, 0.5) is 10.2 Å². The fraction of sp³-hybridized carbons (Fsp3) is 0.360. The van der Waals surface area contributed by atoms with E-state index < -0.39 is 0 Å². The van der Waals surface area contributed by atoms with Crippen LogP contribution in [0.15, 0.2) is 54.7 Å². The molecule has 1 amide bonds. The first-order chi connectivity index (χ1) is 16.2. The Balaban J connectivity index is 1.19. The molecule has 0 bridgehead atoms. The van der Waals surface area contributed by atoms with Gasteiger partial charge in [-0.25, -0.2) is 9.37 Å². The van der Waals surface area contributed by atoms with Crippen molar-refractivity contribution in [1.29, 1.82) is 0 Å². The van der Waals surface area contributed by atoms with E-state index in [1.54, 1.807) is 29.7 Å². The van der Waals surface area contributed by atoms with Gasteiger partial charge >= 0.3 is 0 Å². The van der Waals surface area contributed by atoms with Crippen LogP contribution in [0.25, 0.3) is 10.4 Å². The van der Waals surface area contributed by atoms with E-state index in [9.17, 15) is 9.18 Å². The van der Waals surface area contributed by atoms with Gasteiger partial charge in [-0.15, -0.1) is 11.3 Å². The number of pyridine rings is 1. The molecule has 0 aliphatic carbocycles. The maximum absolute atomic E-state index is 13.5. The van der Waals surface area contributed by atoms with Crippen molar-refractivity contribution in [3.8, 4) is 10.4 Å². The number of ether oxygens (including phenoxy) is 1. The molecule has 0 atom stereocenters. The molecule has 0 radical (unpaired) electrons. The van der Waals surface area contributed by atoms with Crippen LogP contribution in [0.1, 0.15) is 15.2 Å². The fourth-order valence-electron chi connectivity index (χ4n) is 4.35. The standard InChI is InChI=1S/C25H27FN4O2S/c26-20-4-1-3-19(17-20)23-7-6-21(33-23)18-28-9-11-30(12-10-28)25(31)22-5-2-8-27-24(22)29-13-15-32-16-14-29/h1-8,17H,9-16,18H2. The van der Waals surface area contributed by atoms with E-state index >= 15 is 0 Å². The van der Waals surface area contributed by atoms with Crippen molar-refractivity contribution in [1.82, 2.24) is 14.8 Å². The predicted molar refractivity (Wildman–Crippen MR) is 128 cm³/mol. The number of amides is 1. The van der Waals surface area contributed by atoms with Crippen LogP contribution >= 0.6 is 11.3 Å². The first kappa shape index (κ1) is 22.0. The van der Waals surface area contributed by atoms with Crippen LogP contribution in [-0.2, 0) is 11.3 Å². The number of rotatable bonds is 5. The van der Waals surface area contributed by atoms with Crippen LogP contribution in [0.2, 0.25) is 0 Å². The van der Waals surface area contributed by atoms with E-state index in [0.29, 0.717) is 31.9 Å². The number of hydrogen-bond acceptors (Lipinski definition) is 6. The molecule has 5 rings (SSSR count). The lowest BCUT2D eigenvalue weighted by atomic mass is 10.1. The zero-order chi connectivity index (χ0) is 22.6. The molecule has 2 fully saturated rings. The third-order valence-corrected chi connectivity index (χ3v) is 7.26. The Morgan fingerprint density at radius 3 is 2.61 bits per heavy atom. The molecule has 0 unspecified atom stereocenters. The summed E-state index contributed by atoms with van der Waals surface area (Å²) in [4.78, 5) is 26.6. The summed E-state index contributed by atoms with van der Waals surface area (Å²) in [5, 5.41) is 0. The molecule has 2 aliphatic heterocycles. The van der Waals surface area contributed by atoms with Crippen LogP contribution in [0, 0.1) is 5.82 Å². The number of morpholine rings is 1. The largest absolute Gasteiger partial charge is 0.378 e. The van der Waals surface area contributed by atoms with Gasteiger partial charge in [-0.2, -0.15) is 0 Å². The molecule has 0 spiro atoms. The molecule has 3 aromatic rings. The molecule has 2 aromatic heterocycles. The molecule has 0 N–H and O–H groups in total. The lowest BCUT2D eigenvalue weighted by molar-refractivity contribution is 0.0629. The number of anilines is 1. The molecular formula is C25H27FN4O2S. The second-order valence-corrected chi connectivity index (χ2v) is 9.49. The van der Waals surface area contributed by atoms with Gasteiger partial charge in [0, 0.05) is 61.8 Å². The number of aromatic nitrogens is 1. The van der Waals surface area contributed by atoms with Crippen molar-refractivity contribution in [3.63, 3.8) is 0 Å². The van der Waals surface area contributed by atoms with E-state index in [-0.39, 0.29) is 11.7 Å². The molecule has 33 heavy (non-hydrogen) atoms. The zero-order valence-electron chi connectivity index (χ0n) is 18.5. The quantitative estimate of drug-likeness (QED) is 0.573. The number of benzene rings is 1. The van der Waals surface area contributed by atoms with Gasteiger partial charge in [-0.3, -0.25) is 9.69 Å². The fourth-order valence-corrected chi connectivity index (χ4v) is 5.40. The van der Waals surface area contributed by atoms with Gasteiger partial charge in [-0.1, -0.05) is 12.1 Å². The van der Waals surface area contributed by atoms with Gasteiger partial charge in [0.1, 0.15) is 11.6 Å². The van der Waals surface area contributed by atoms with E-state index in [0.717, 1.165) is 49.0 Å². The zero-order valence-corrected chi connectivity index (χ0v) is 19.3. The number of hydrogen-bond donors (Lipinski definition) is 0. The van der Waals surface area contributed by atoms with Crippen molar-refractivity contribution in [2.45, 2.75) is 6.54 Å². The minimum atomic E-state index is -0.214. The topological polar surface area (TPSA) is 48.9 Å². The lowest BCUT2D eigenvalue weighted by Crippen LogP contribution is -2.48. The van der Waals surface area contributed by atoms with Crippen molar-refractivity contribution in [2.75, 3.05) is 57.4 Å². The van der Waals surface area contributed by atoms with Gasteiger partial charge in [0.2, 0.25) is 0 Å². The molecular weight excluding hydrogens is 439 g/mol. The number of halogens is 1. The summed E-state index contributed by atoms with van der Waals surface area (Å²) >= 11 is 1.70. The highest BCUT2D eigenvalue weighted by Gasteiger charge is 2.26. The summed E-state index contributed by atoms with van der Waals surface area (Å²) in [5.41, 5.74) is 1.58. The number of nitrogens with zero attached hydrogens (tertiary/aromatic N) is 4. The number of carbonyl (C=O) groups excluding carboxylic acids is 1. The highest BCUT2D eigenvalue weighted by molar-refractivity contribution is 7.15. The molecule has 6 nitrogen and oxygen atoms in total. The Morgan fingerprint density at radius 2 is 1.82 bits per heavy atom. The summed E-state index contributed by atoms with van der Waals surface area (Å²) in [6.07, 6.45) is 1.75. The molecule has 2 aliphatic rings. The van der Waals surface area contributed by atoms with Crippen LogP contribution < -0.4 is 4.90 Å². The SMILES string of the molecule is O=C(c1cccnc1N1CCOCC1)N1CCN(Cc2ccc(-c3cccc(F)c3)s2)CC1. The predicted octanol–water partition coefficient (Wildman–Crippen LogP) is 3.74. The van der Waals surface area contributed by atoms with Gasteiger partial charge in [0.15, 0.2) is 0 Å². The molecule has 4 heterocycles. The first-order valence-electron chi connectivity index (χ1n) is 11.3. The highest BCUT2D eigenvalue weighted by atomic mass is 32.1. The summed E-state index contributed by atoms with van der Waals surface area (Å²) < 4.78 is 19.0. The summed E-state index contributed by atoms with van der Waals surface area (Å²) in [6.45, 7) is 6.70. The third kappa shape index (κ3) is 5.08. The second kappa shape index (κ2) is 9.99. The van der Waals surface area contributed by atoms with Gasteiger partial charge < -0.3 is 14.5 Å². The summed E-state index contributed by atoms with van der Waals surface area (Å²) in [5.74, 6) is 0.596. The molecule has 172 valence electrons. The Morgan fingerprint density at radius 1 is 1.00 bits per heavy atom. The maximum atomic E-state index is 13.5. The van der Waals surface area contributed by atoms with Crippen molar-refractivity contribution < 1.29 is 13.9 Å². The first-order valence-corrected chi connectivity index (χ1v) is 12.1. The smallest absolute Gasteiger partial charge is 0.257 e. The van der Waals surface area contributed by atoms with Crippen LogP contribution in [0.5, 0.6) is 0 Å². The Hall–Kier alpha value is -2.81. The lowest BCUT2D eigenvalue weighted by Gasteiger charge is -2.35. The second-order valence-electron chi connectivity index (χ2n) is 8.32. The third-order valence-electron chi connectivity index (χ3n) is 6.14. The minimum absolute atomic E-state index is 0.0498. The van der Waals surface area contributed by atoms with E-state index in [1.165, 1.54) is 10.9 Å². The summed E-state index contributed by atoms with van der Waals surface area (Å²) in [6, 6.07) is 14.6. The maximum Gasteiger partial charge on any atom is 0.257 e. The van der Waals surface area contributed by atoms with Crippen LogP contribution in [0.3, 0.4) is 0 Å². The Kier molecular flexibility index (Phi) is 6.66. The van der Waals surface area contributed by atoms with Crippen molar-refractivity contribution in [3.05, 3.63) is 71.0 Å². The van der Waals surface area contributed by atoms with E-state index in [1.807, 2.05) is 23.1 Å². The van der Waals surface area contributed by atoms with Gasteiger partial charge in [0.05, 0.1) is 18.8 Å². The Bertz CT molecular complexity index is 1110. The van der Waals surface area contributed by atoms with Crippen molar-refractivity contribution >= 4 is 23.1 Å². The monoisotopic (exact) mass is 466 g/mol. The normalized spacial score (nSPS) is 17.4. The summed E-state index contributed by atoms with van der Waals surface area (Å²) in [7, 11) is 0. The average Bonchev–Trinajstić information content (AvgIpc) is 3.33. The van der Waals surface area contributed by atoms with Crippen molar-refractivity contribution in [2.24, 2.45) is 0 Å². The van der Waals surface area contributed by atoms with E-state index in [4.69, 9.17) is 4.74 Å². The number of thiophene rings is 1. The Labute approximate surface area is 197 Å². The number of piperazine rings is 1. The average molecular weight is 467 g/mol. The number of carbonyl (C=O) groups is 1. The van der Waals surface area contributed by atoms with Crippen LogP contribution in [-0.4, -0.2) is 73.2 Å². The highest BCUT2D eigenvalue weighted by Crippen LogP contribution is 2.29.